The average Bonchev–Trinajstić information content (AvgIpc) is 2.22. The first-order valence-corrected chi connectivity index (χ1v) is 7.56. The van der Waals surface area contributed by atoms with Gasteiger partial charge in [-0.25, -0.2) is 9.57 Å². The topological polar surface area (TPSA) is 50.8 Å². The van der Waals surface area contributed by atoms with Crippen molar-refractivity contribution >= 4 is 7.75 Å². The molecule has 1 aliphatic rings. The molecule has 0 aromatic rings. The summed E-state index contributed by atoms with van der Waals surface area (Å²) >= 11 is 0. The summed E-state index contributed by atoms with van der Waals surface area (Å²) in [4.78, 5) is 0. The highest BCUT2D eigenvalue weighted by molar-refractivity contribution is 7.51. The smallest absolute Gasteiger partial charge is 0.296 e. The van der Waals surface area contributed by atoms with Crippen molar-refractivity contribution in [3.8, 4) is 0 Å². The molecule has 1 rings (SSSR count). The molecular weight excluding hydrogens is 227 g/mol. The van der Waals surface area contributed by atoms with Gasteiger partial charge in [0.25, 0.3) is 0 Å². The highest BCUT2D eigenvalue weighted by Gasteiger charge is 2.28. The van der Waals surface area contributed by atoms with Gasteiger partial charge >= 0.3 is 7.75 Å². The molecule has 0 unspecified atom stereocenters. The summed E-state index contributed by atoms with van der Waals surface area (Å²) in [7, 11) is -3.13. The summed E-state index contributed by atoms with van der Waals surface area (Å²) in [6.45, 7) is 8.42. The highest BCUT2D eigenvalue weighted by atomic mass is 31.2. The minimum Gasteiger partial charge on any atom is -0.296 e. The van der Waals surface area contributed by atoms with Crippen molar-refractivity contribution in [2.75, 3.05) is 26.3 Å². The van der Waals surface area contributed by atoms with Gasteiger partial charge in [0.1, 0.15) is 0 Å². The van der Waals surface area contributed by atoms with E-state index in [0.29, 0.717) is 13.2 Å². The van der Waals surface area contributed by atoms with Crippen LogP contribution in [0.15, 0.2) is 0 Å². The fourth-order valence-electron chi connectivity index (χ4n) is 1.72. The van der Waals surface area contributed by atoms with Crippen molar-refractivity contribution in [1.82, 2.24) is 10.2 Å². The van der Waals surface area contributed by atoms with E-state index in [1.807, 2.05) is 18.9 Å². The molecule has 6 heteroatoms. The van der Waals surface area contributed by atoms with Gasteiger partial charge in [-0.1, -0.05) is 6.92 Å². The monoisotopic (exact) mass is 250 g/mol. The van der Waals surface area contributed by atoms with Gasteiger partial charge in [0.15, 0.2) is 0 Å². The quantitative estimate of drug-likeness (QED) is 0.734. The maximum atomic E-state index is 12.2. The first kappa shape index (κ1) is 14.1. The van der Waals surface area contributed by atoms with E-state index in [0.717, 1.165) is 31.8 Å². The summed E-state index contributed by atoms with van der Waals surface area (Å²) in [6, 6.07) is 0. The van der Waals surface area contributed by atoms with Crippen LogP contribution in [0.2, 0.25) is 0 Å². The van der Waals surface area contributed by atoms with Crippen molar-refractivity contribution in [1.29, 1.82) is 0 Å². The number of nitrogens with one attached hydrogen (secondary N) is 1. The van der Waals surface area contributed by atoms with Gasteiger partial charge < -0.3 is 0 Å². The Balaban J connectivity index is 2.45. The predicted molar refractivity (Wildman–Crippen MR) is 64.0 cm³/mol. The van der Waals surface area contributed by atoms with Crippen molar-refractivity contribution in [2.24, 2.45) is 5.92 Å². The number of nitrogens with zero attached hydrogens (tertiary/aromatic N) is 1. The van der Waals surface area contributed by atoms with Gasteiger partial charge in [-0.3, -0.25) is 9.05 Å². The van der Waals surface area contributed by atoms with Crippen molar-refractivity contribution in [2.45, 2.75) is 33.6 Å². The van der Waals surface area contributed by atoms with Gasteiger partial charge in [-0.2, -0.15) is 5.20 Å². The minimum absolute atomic E-state index is 0.383. The Labute approximate surface area is 98.0 Å². The van der Waals surface area contributed by atoms with Gasteiger partial charge in [0, 0.05) is 13.1 Å². The zero-order valence-corrected chi connectivity index (χ0v) is 11.3. The lowest BCUT2D eigenvalue weighted by atomic mass is 10.0. The number of hydrogen-bond acceptors (Lipinski definition) is 4. The molecule has 0 saturated carbocycles. The van der Waals surface area contributed by atoms with Crippen molar-refractivity contribution in [3.05, 3.63) is 0 Å². The molecule has 5 nitrogen and oxygen atoms in total. The van der Waals surface area contributed by atoms with E-state index in [1.165, 1.54) is 0 Å². The van der Waals surface area contributed by atoms with E-state index >= 15 is 0 Å². The molecule has 96 valence electrons. The molecule has 1 N–H and O–H groups in total. The van der Waals surface area contributed by atoms with E-state index in [-0.39, 0.29) is 0 Å². The van der Waals surface area contributed by atoms with Crippen LogP contribution in [-0.4, -0.2) is 31.3 Å². The number of rotatable bonds is 6. The van der Waals surface area contributed by atoms with Crippen LogP contribution in [-0.2, 0) is 13.6 Å². The summed E-state index contributed by atoms with van der Waals surface area (Å²) in [5.74, 6) is 0.747. The summed E-state index contributed by atoms with van der Waals surface area (Å²) < 4.78 is 22.5. The van der Waals surface area contributed by atoms with Gasteiger partial charge in [-0.15, -0.1) is 0 Å². The molecule has 0 radical (unpaired) electrons. The molecule has 1 saturated heterocycles. The summed E-state index contributed by atoms with van der Waals surface area (Å²) in [5.41, 5.74) is 0. The first-order chi connectivity index (χ1) is 7.59. The summed E-state index contributed by atoms with van der Waals surface area (Å²) in [5, 5.41) is 4.85. The van der Waals surface area contributed by atoms with E-state index in [4.69, 9.17) is 9.05 Å². The Morgan fingerprint density at radius 2 is 1.75 bits per heavy atom. The third-order valence-electron chi connectivity index (χ3n) is 2.65. The Kier molecular flexibility index (Phi) is 5.94. The minimum atomic E-state index is -3.13. The second-order valence-electron chi connectivity index (χ2n) is 4.10. The molecule has 0 aromatic carbocycles. The van der Waals surface area contributed by atoms with Crippen LogP contribution in [0.3, 0.4) is 0 Å². The van der Waals surface area contributed by atoms with Crippen molar-refractivity contribution in [3.63, 3.8) is 0 Å². The second-order valence-corrected chi connectivity index (χ2v) is 5.81. The Morgan fingerprint density at radius 1 is 1.25 bits per heavy atom. The molecule has 0 atom stereocenters. The number of hydrogen-bond donors (Lipinski definition) is 1. The normalized spacial score (nSPS) is 20.2. The SMILES string of the molecule is CCOP(=O)(NN1CCC(C)CC1)OCC. The van der Waals surface area contributed by atoms with E-state index in [9.17, 15) is 4.57 Å². The third-order valence-corrected chi connectivity index (χ3v) is 4.37. The fraction of sp³-hybridized carbons (Fsp3) is 1.00. The fourth-order valence-corrected chi connectivity index (χ4v) is 3.13. The molecule has 0 bridgehead atoms. The maximum Gasteiger partial charge on any atom is 0.419 e. The van der Waals surface area contributed by atoms with Crippen LogP contribution in [0.5, 0.6) is 0 Å². The van der Waals surface area contributed by atoms with Crippen molar-refractivity contribution < 1.29 is 13.6 Å². The van der Waals surface area contributed by atoms with Crippen LogP contribution < -0.4 is 5.20 Å². The van der Waals surface area contributed by atoms with E-state index < -0.39 is 7.75 Å². The molecule has 0 spiro atoms. The Bertz CT molecular complexity index is 232. The highest BCUT2D eigenvalue weighted by Crippen LogP contribution is 2.44. The van der Waals surface area contributed by atoms with Crippen LogP contribution in [0, 0.1) is 5.92 Å². The lowest BCUT2D eigenvalue weighted by Gasteiger charge is -2.32. The molecule has 0 aliphatic carbocycles. The van der Waals surface area contributed by atoms with Crippen LogP contribution in [0.25, 0.3) is 0 Å². The van der Waals surface area contributed by atoms with E-state index in [1.54, 1.807) is 0 Å². The zero-order chi connectivity index (χ0) is 12.0. The lowest BCUT2D eigenvalue weighted by molar-refractivity contribution is 0.125. The Morgan fingerprint density at radius 3 is 2.19 bits per heavy atom. The Hall–Kier alpha value is 0.0700. The second kappa shape index (κ2) is 6.72. The van der Waals surface area contributed by atoms with E-state index in [2.05, 4.69) is 12.1 Å². The largest absolute Gasteiger partial charge is 0.419 e. The van der Waals surface area contributed by atoms with Gasteiger partial charge in [0.05, 0.1) is 13.2 Å². The van der Waals surface area contributed by atoms with Gasteiger partial charge in [0.2, 0.25) is 0 Å². The molecule has 1 heterocycles. The standard InChI is InChI=1S/C10H23N2O3P/c1-4-14-16(13,15-5-2)11-12-8-6-10(3)7-9-12/h10H,4-9H2,1-3H3,(H,11,13). The predicted octanol–water partition coefficient (Wildman–Crippen LogP) is 2.40. The number of hydrazine groups is 1. The lowest BCUT2D eigenvalue weighted by Crippen LogP contribution is -2.42. The molecule has 1 fully saturated rings. The third kappa shape index (κ3) is 4.52. The number of piperidine rings is 1. The first-order valence-electron chi connectivity index (χ1n) is 6.01. The maximum absolute atomic E-state index is 12.2. The van der Waals surface area contributed by atoms with Crippen LogP contribution >= 0.6 is 7.75 Å². The summed E-state index contributed by atoms with van der Waals surface area (Å²) in [6.07, 6.45) is 2.23. The average molecular weight is 250 g/mol. The molecular formula is C10H23N2O3P. The molecule has 0 amide bonds. The van der Waals surface area contributed by atoms with Gasteiger partial charge in [-0.05, 0) is 32.6 Å². The molecule has 0 aromatic heterocycles. The van der Waals surface area contributed by atoms with Crippen LogP contribution in [0.1, 0.15) is 33.6 Å². The molecule has 16 heavy (non-hydrogen) atoms. The zero-order valence-electron chi connectivity index (χ0n) is 10.4. The molecule has 1 aliphatic heterocycles. The van der Waals surface area contributed by atoms with Crippen LogP contribution in [0.4, 0.5) is 0 Å².